The number of hydrogen-bond donors (Lipinski definition) is 1. The van der Waals surface area contributed by atoms with Gasteiger partial charge in [0.25, 0.3) is 5.91 Å². The Morgan fingerprint density at radius 2 is 1.56 bits per heavy atom. The summed E-state index contributed by atoms with van der Waals surface area (Å²) in [5, 5.41) is 10.2. The first-order valence-electron chi connectivity index (χ1n) is 13.2. The maximum Gasteiger partial charge on any atom is 1.00 e. The summed E-state index contributed by atoms with van der Waals surface area (Å²) < 4.78 is 0. The van der Waals surface area contributed by atoms with E-state index < -0.39 is 18.1 Å². The van der Waals surface area contributed by atoms with Crippen LogP contribution in [0.4, 0.5) is 0 Å². The fraction of sp³-hybridized carbons (Fsp3) is 0.281. The van der Waals surface area contributed by atoms with Crippen molar-refractivity contribution in [2.75, 3.05) is 6.54 Å². The molecule has 4 rings (SSSR count). The summed E-state index contributed by atoms with van der Waals surface area (Å²) >= 11 is 12.3. The molecule has 0 spiro atoms. The van der Waals surface area contributed by atoms with Gasteiger partial charge >= 0.3 is 35.5 Å². The summed E-state index contributed by atoms with van der Waals surface area (Å²) in [5.41, 5.74) is 4.69. The number of rotatable bonds is 9. The number of aliphatic carboxylic acids is 1. The van der Waals surface area contributed by atoms with E-state index in [0.29, 0.717) is 34.1 Å². The van der Waals surface area contributed by atoms with Gasteiger partial charge in [0.2, 0.25) is 5.91 Å². The fourth-order valence-corrected chi connectivity index (χ4v) is 5.31. The van der Waals surface area contributed by atoms with Gasteiger partial charge in [-0.15, -0.1) is 0 Å². The van der Waals surface area contributed by atoms with Crippen molar-refractivity contribution in [2.45, 2.75) is 52.1 Å². The number of benzene rings is 3. The Morgan fingerprint density at radius 1 is 0.951 bits per heavy atom. The number of carboxylic acid groups (broad SMARTS) is 1. The van der Waals surface area contributed by atoms with Gasteiger partial charge in [-0.05, 0) is 80.6 Å². The second kappa shape index (κ2) is 14.5. The quantitative estimate of drug-likeness (QED) is 0.289. The molecule has 0 bridgehead atoms. The molecule has 6 nitrogen and oxygen atoms in total. The third-order valence-electron chi connectivity index (χ3n) is 7.23. The van der Waals surface area contributed by atoms with Crippen molar-refractivity contribution in [1.82, 2.24) is 9.80 Å². The molecule has 2 atom stereocenters. The molecule has 1 aliphatic heterocycles. The second-order valence-corrected chi connectivity index (χ2v) is 11.0. The van der Waals surface area contributed by atoms with Crippen molar-refractivity contribution in [3.63, 3.8) is 0 Å². The molecule has 1 heterocycles. The molecule has 3 aromatic rings. The maximum atomic E-state index is 14.6. The smallest absolute Gasteiger partial charge is 1.00 e. The van der Waals surface area contributed by atoms with Crippen LogP contribution in [0.5, 0.6) is 0 Å². The van der Waals surface area contributed by atoms with Gasteiger partial charge in [0.15, 0.2) is 0 Å². The molecule has 1 aliphatic rings. The topological polar surface area (TPSA) is 77.9 Å². The first-order valence-corrected chi connectivity index (χ1v) is 14.0. The van der Waals surface area contributed by atoms with Gasteiger partial charge < -0.3 is 16.3 Å². The van der Waals surface area contributed by atoms with Crippen LogP contribution < -0.4 is 29.6 Å². The molecule has 3 aromatic carbocycles. The van der Waals surface area contributed by atoms with Crippen molar-refractivity contribution in [2.24, 2.45) is 0 Å². The molecule has 0 fully saturated rings. The number of nitrogens with zero attached hydrogens (tertiary/aromatic N) is 2. The second-order valence-electron chi connectivity index (χ2n) is 10.1. The Labute approximate surface area is 274 Å². The monoisotopic (exact) mass is 602 g/mol. The molecular weight excluding hydrogens is 570 g/mol. The van der Waals surface area contributed by atoms with E-state index in [0.717, 1.165) is 22.3 Å². The summed E-state index contributed by atoms with van der Waals surface area (Å²) in [6.45, 7) is 6.08. The van der Waals surface area contributed by atoms with E-state index in [4.69, 9.17) is 28.3 Å². The SMILES string of the molecule is Cc1ccc(C)c(C2=CC(=O)N([C@H](C)c3ccc(Cl)cc3)[C@@H](c3ccc(Cl)cc3)C(=O)N2CCCCC(=O)O)c1.[H-].[Na+]. The zero-order valence-corrected chi connectivity index (χ0v) is 27.2. The predicted octanol–water partition coefficient (Wildman–Crippen LogP) is 4.50. The largest absolute Gasteiger partial charge is 1.00 e. The fourth-order valence-electron chi connectivity index (χ4n) is 5.06. The van der Waals surface area contributed by atoms with E-state index in [1.54, 1.807) is 52.3 Å². The zero-order valence-electron chi connectivity index (χ0n) is 24.7. The van der Waals surface area contributed by atoms with Crippen LogP contribution in [-0.2, 0) is 14.4 Å². The van der Waals surface area contributed by atoms with E-state index in [-0.39, 0.29) is 55.8 Å². The molecule has 41 heavy (non-hydrogen) atoms. The zero-order chi connectivity index (χ0) is 29.0. The van der Waals surface area contributed by atoms with Crippen LogP contribution >= 0.6 is 23.2 Å². The Kier molecular flexibility index (Phi) is 11.7. The molecule has 0 aromatic heterocycles. The number of carbonyl (C=O) groups is 3. The Hall–Kier alpha value is -2.61. The number of aryl methyl sites for hydroxylation is 2. The van der Waals surface area contributed by atoms with Gasteiger partial charge in [0.05, 0.1) is 11.7 Å². The van der Waals surface area contributed by atoms with Crippen molar-refractivity contribution >= 4 is 46.7 Å². The summed E-state index contributed by atoms with van der Waals surface area (Å²) in [6, 6.07) is 18.7. The molecule has 0 unspecified atom stereocenters. The van der Waals surface area contributed by atoms with Crippen LogP contribution in [0.2, 0.25) is 10.0 Å². The van der Waals surface area contributed by atoms with Gasteiger partial charge in [0.1, 0.15) is 6.04 Å². The molecule has 9 heteroatoms. The molecule has 210 valence electrons. The average Bonchev–Trinajstić information content (AvgIpc) is 3.02. The normalized spacial score (nSPS) is 16.1. The third-order valence-corrected chi connectivity index (χ3v) is 7.73. The number of halogens is 2. The predicted molar refractivity (Wildman–Crippen MR) is 159 cm³/mol. The minimum Gasteiger partial charge on any atom is -1.00 e. The van der Waals surface area contributed by atoms with Gasteiger partial charge in [-0.3, -0.25) is 14.4 Å². The Bertz CT molecular complexity index is 1450. The maximum absolute atomic E-state index is 14.6. The molecule has 0 saturated carbocycles. The van der Waals surface area contributed by atoms with E-state index in [1.165, 1.54) is 0 Å². The van der Waals surface area contributed by atoms with E-state index in [2.05, 4.69) is 0 Å². The van der Waals surface area contributed by atoms with Crippen LogP contribution in [0.15, 0.2) is 72.8 Å². The van der Waals surface area contributed by atoms with Crippen LogP contribution in [0, 0.1) is 13.8 Å². The van der Waals surface area contributed by atoms with Crippen molar-refractivity contribution in [1.29, 1.82) is 0 Å². The van der Waals surface area contributed by atoms with E-state index in [9.17, 15) is 14.4 Å². The number of hydrogen-bond acceptors (Lipinski definition) is 3. The van der Waals surface area contributed by atoms with E-state index in [1.807, 2.05) is 51.1 Å². The molecular formula is C32H33Cl2N2NaO4. The summed E-state index contributed by atoms with van der Waals surface area (Å²) in [4.78, 5) is 43.2. The first-order chi connectivity index (χ1) is 19.1. The van der Waals surface area contributed by atoms with Gasteiger partial charge in [0, 0.05) is 34.7 Å². The summed E-state index contributed by atoms with van der Waals surface area (Å²) in [6.07, 6.45) is 2.42. The molecule has 1 N–H and O–H groups in total. The minimum absolute atomic E-state index is 0. The number of amides is 2. The van der Waals surface area contributed by atoms with Crippen LogP contribution in [0.3, 0.4) is 0 Å². The summed E-state index contributed by atoms with van der Waals surface area (Å²) in [7, 11) is 0. The van der Waals surface area contributed by atoms with Crippen molar-refractivity contribution in [3.05, 3.63) is 111 Å². The third kappa shape index (κ3) is 7.82. The first kappa shape index (κ1) is 32.9. The van der Waals surface area contributed by atoms with Gasteiger partial charge in [-0.1, -0.05) is 65.2 Å². The van der Waals surface area contributed by atoms with Gasteiger partial charge in [-0.2, -0.15) is 0 Å². The molecule has 0 aliphatic carbocycles. The van der Waals surface area contributed by atoms with Crippen LogP contribution in [0.25, 0.3) is 5.70 Å². The van der Waals surface area contributed by atoms with Crippen molar-refractivity contribution in [3.8, 4) is 0 Å². The van der Waals surface area contributed by atoms with E-state index >= 15 is 0 Å². The summed E-state index contributed by atoms with van der Waals surface area (Å²) in [5.74, 6) is -1.46. The number of carboxylic acids is 1. The molecule has 2 amide bonds. The average molecular weight is 604 g/mol. The number of unbranched alkanes of at least 4 members (excludes halogenated alkanes) is 1. The van der Waals surface area contributed by atoms with Gasteiger partial charge in [-0.25, -0.2) is 0 Å². The number of carbonyl (C=O) groups excluding carboxylic acids is 2. The van der Waals surface area contributed by atoms with Crippen LogP contribution in [-0.4, -0.2) is 39.2 Å². The standard InChI is InChI=1S/C32H32Cl2N2O4.Na.H/c1-20-7-8-21(2)27(18-20)28-19-29(37)36(22(3)23-9-13-25(33)14-10-23)31(24-11-15-26(34)16-12-24)32(40)35(28)17-5-4-6-30(38)39;;/h7-16,18-19,22,31H,4-6,17H2,1-3H3,(H,38,39);;/q;+1;-1/t22-,31+;;/m1../s1. The Morgan fingerprint density at radius 3 is 2.17 bits per heavy atom. The minimum atomic E-state index is -0.936. The molecule has 0 saturated heterocycles. The van der Waals surface area contributed by atoms with Crippen molar-refractivity contribution < 1.29 is 50.5 Å². The van der Waals surface area contributed by atoms with Crippen LogP contribution in [0.1, 0.15) is 67.5 Å². The molecule has 0 radical (unpaired) electrons. The Balaban J connectivity index is 0.00000308.